The molecule has 2 N–H and O–H groups in total. The Balaban J connectivity index is 1.85. The molecule has 26 heavy (non-hydrogen) atoms. The van der Waals surface area contributed by atoms with Crippen LogP contribution in [0.4, 0.5) is 5.69 Å². The fourth-order valence-electron chi connectivity index (χ4n) is 3.24. The normalized spacial score (nSPS) is 17.8. The standard InChI is InChI=1S/C19H18ClN5O/c1-11-21-8-13(9-22-11)12-4-5-15-16(6-12)25(18(26)19(15,2)3)14-7-17(20)24-23-10-14/h4-10,23-24H,1-3H3. The van der Waals surface area contributed by atoms with Gasteiger partial charge in [0.15, 0.2) is 0 Å². The quantitative estimate of drug-likeness (QED) is 0.798. The molecule has 0 saturated heterocycles. The van der Waals surface area contributed by atoms with Crippen LogP contribution in [-0.2, 0) is 10.2 Å². The number of nitrogens with one attached hydrogen (secondary N) is 2. The number of hydrogen-bond acceptors (Lipinski definition) is 5. The molecule has 3 heterocycles. The lowest BCUT2D eigenvalue weighted by atomic mass is 9.85. The Hall–Kier alpha value is -2.86. The summed E-state index contributed by atoms with van der Waals surface area (Å²) >= 11 is 6.07. The number of hydrogen-bond donors (Lipinski definition) is 2. The second kappa shape index (κ2) is 5.85. The molecule has 0 aliphatic carbocycles. The number of amides is 1. The Labute approximate surface area is 156 Å². The molecule has 0 unspecified atom stereocenters. The van der Waals surface area contributed by atoms with Crippen molar-refractivity contribution in [3.8, 4) is 11.1 Å². The summed E-state index contributed by atoms with van der Waals surface area (Å²) in [6.45, 7) is 5.72. The number of rotatable bonds is 2. The number of anilines is 1. The summed E-state index contributed by atoms with van der Waals surface area (Å²) in [5, 5.41) is 0.421. The highest BCUT2D eigenvalue weighted by Crippen LogP contribution is 2.45. The number of aryl methyl sites for hydroxylation is 1. The van der Waals surface area contributed by atoms with Crippen LogP contribution in [0.2, 0.25) is 0 Å². The van der Waals surface area contributed by atoms with Gasteiger partial charge in [0.2, 0.25) is 5.91 Å². The van der Waals surface area contributed by atoms with E-state index in [0.717, 1.165) is 28.2 Å². The summed E-state index contributed by atoms with van der Waals surface area (Å²) in [6.07, 6.45) is 7.02. The first kappa shape index (κ1) is 16.6. The number of hydrazine groups is 1. The molecule has 2 aliphatic rings. The summed E-state index contributed by atoms with van der Waals surface area (Å²) in [5.74, 6) is 0.721. The molecule has 1 aromatic carbocycles. The molecule has 0 radical (unpaired) electrons. The van der Waals surface area contributed by atoms with E-state index in [9.17, 15) is 4.79 Å². The summed E-state index contributed by atoms with van der Waals surface area (Å²) in [5.41, 5.74) is 9.39. The predicted molar refractivity (Wildman–Crippen MR) is 101 cm³/mol. The van der Waals surface area contributed by atoms with E-state index in [0.29, 0.717) is 10.9 Å². The number of fused-ring (bicyclic) bond motifs is 1. The smallest absolute Gasteiger partial charge is 0.241 e. The molecule has 132 valence electrons. The van der Waals surface area contributed by atoms with Crippen LogP contribution in [0.1, 0.15) is 25.2 Å². The first-order chi connectivity index (χ1) is 12.4. The molecule has 6 nitrogen and oxygen atoms in total. The van der Waals surface area contributed by atoms with Gasteiger partial charge in [0.25, 0.3) is 0 Å². The van der Waals surface area contributed by atoms with Gasteiger partial charge in [0.05, 0.1) is 16.8 Å². The van der Waals surface area contributed by atoms with E-state index < -0.39 is 5.41 Å². The third-order valence-electron chi connectivity index (χ3n) is 4.71. The topological polar surface area (TPSA) is 70.2 Å². The number of halogens is 1. The number of aromatic nitrogens is 2. The Morgan fingerprint density at radius 1 is 1.15 bits per heavy atom. The number of carbonyl (C=O) groups excluding carboxylic acids is 1. The Kier molecular flexibility index (Phi) is 3.73. The SMILES string of the molecule is Cc1ncc(-c2ccc3c(c2)N(C2=CNNC(Cl)=C2)C(=O)C3(C)C)cn1. The van der Waals surface area contributed by atoms with E-state index in [1.54, 1.807) is 29.6 Å². The molecule has 7 heteroatoms. The second-order valence-corrected chi connectivity index (χ2v) is 7.25. The maximum atomic E-state index is 13.1. The first-order valence-electron chi connectivity index (χ1n) is 8.25. The molecule has 2 aromatic rings. The molecular formula is C19H18ClN5O. The summed E-state index contributed by atoms with van der Waals surface area (Å²) in [4.78, 5) is 23.3. The van der Waals surface area contributed by atoms with Crippen LogP contribution < -0.4 is 15.8 Å². The van der Waals surface area contributed by atoms with E-state index in [2.05, 4.69) is 20.8 Å². The average molecular weight is 368 g/mol. The molecular weight excluding hydrogens is 350 g/mol. The Morgan fingerprint density at radius 3 is 2.58 bits per heavy atom. The Morgan fingerprint density at radius 2 is 1.88 bits per heavy atom. The molecule has 2 aliphatic heterocycles. The lowest BCUT2D eigenvalue weighted by Crippen LogP contribution is -2.38. The minimum absolute atomic E-state index is 0.000438. The fraction of sp³-hybridized carbons (Fsp3) is 0.211. The lowest BCUT2D eigenvalue weighted by Gasteiger charge is -2.24. The minimum Gasteiger partial charge on any atom is -0.305 e. The number of benzene rings is 1. The number of nitrogens with zero attached hydrogens (tertiary/aromatic N) is 3. The van der Waals surface area contributed by atoms with Crippen LogP contribution in [-0.4, -0.2) is 15.9 Å². The molecule has 0 fully saturated rings. The second-order valence-electron chi connectivity index (χ2n) is 6.85. The van der Waals surface area contributed by atoms with Crippen molar-refractivity contribution in [3.05, 3.63) is 65.1 Å². The van der Waals surface area contributed by atoms with Crippen LogP contribution in [0, 0.1) is 6.92 Å². The molecule has 0 bridgehead atoms. The molecule has 1 aromatic heterocycles. The monoisotopic (exact) mass is 367 g/mol. The van der Waals surface area contributed by atoms with Gasteiger partial charge in [0.1, 0.15) is 11.0 Å². The molecule has 0 spiro atoms. The zero-order chi connectivity index (χ0) is 18.5. The van der Waals surface area contributed by atoms with Crippen LogP contribution in [0.25, 0.3) is 11.1 Å². The maximum absolute atomic E-state index is 13.1. The molecule has 0 saturated carbocycles. The summed E-state index contributed by atoms with van der Waals surface area (Å²) < 4.78 is 0. The van der Waals surface area contributed by atoms with Gasteiger partial charge in [0, 0.05) is 30.2 Å². The van der Waals surface area contributed by atoms with E-state index in [1.165, 1.54) is 0 Å². The number of allylic oxidation sites excluding steroid dienone is 1. The van der Waals surface area contributed by atoms with Crippen molar-refractivity contribution in [1.29, 1.82) is 0 Å². The first-order valence-corrected chi connectivity index (χ1v) is 8.63. The van der Waals surface area contributed by atoms with Crippen molar-refractivity contribution in [2.75, 3.05) is 4.90 Å². The maximum Gasteiger partial charge on any atom is 0.241 e. The van der Waals surface area contributed by atoms with Crippen molar-refractivity contribution >= 4 is 23.2 Å². The highest BCUT2D eigenvalue weighted by atomic mass is 35.5. The van der Waals surface area contributed by atoms with Crippen LogP contribution >= 0.6 is 11.6 Å². The van der Waals surface area contributed by atoms with Gasteiger partial charge < -0.3 is 5.43 Å². The van der Waals surface area contributed by atoms with Crippen molar-refractivity contribution in [2.24, 2.45) is 0 Å². The van der Waals surface area contributed by atoms with Gasteiger partial charge in [-0.2, -0.15) is 0 Å². The molecule has 1 amide bonds. The predicted octanol–water partition coefficient (Wildman–Crippen LogP) is 3.11. The van der Waals surface area contributed by atoms with E-state index >= 15 is 0 Å². The minimum atomic E-state index is -0.621. The van der Waals surface area contributed by atoms with Crippen molar-refractivity contribution < 1.29 is 4.79 Å². The molecule has 4 rings (SSSR count). The van der Waals surface area contributed by atoms with Gasteiger partial charge in [-0.25, -0.2) is 9.97 Å². The van der Waals surface area contributed by atoms with Crippen molar-refractivity contribution in [1.82, 2.24) is 20.8 Å². The van der Waals surface area contributed by atoms with Crippen molar-refractivity contribution in [3.63, 3.8) is 0 Å². The zero-order valence-corrected chi connectivity index (χ0v) is 15.4. The average Bonchev–Trinajstić information content (AvgIpc) is 2.81. The largest absolute Gasteiger partial charge is 0.305 e. The third-order valence-corrected chi connectivity index (χ3v) is 4.91. The van der Waals surface area contributed by atoms with E-state index in [4.69, 9.17) is 11.6 Å². The van der Waals surface area contributed by atoms with Gasteiger partial charge in [-0.1, -0.05) is 23.7 Å². The summed E-state index contributed by atoms with van der Waals surface area (Å²) in [7, 11) is 0. The van der Waals surface area contributed by atoms with Gasteiger partial charge in [-0.3, -0.25) is 15.1 Å². The van der Waals surface area contributed by atoms with Crippen LogP contribution in [0.15, 0.2) is 53.7 Å². The van der Waals surface area contributed by atoms with Crippen molar-refractivity contribution in [2.45, 2.75) is 26.2 Å². The van der Waals surface area contributed by atoms with Gasteiger partial charge in [-0.05, 0) is 38.0 Å². The zero-order valence-electron chi connectivity index (χ0n) is 14.7. The van der Waals surface area contributed by atoms with Gasteiger partial charge in [-0.15, -0.1) is 0 Å². The Bertz CT molecular complexity index is 962. The van der Waals surface area contributed by atoms with Gasteiger partial charge >= 0.3 is 0 Å². The van der Waals surface area contributed by atoms with Crippen LogP contribution in [0.3, 0.4) is 0 Å². The fourth-order valence-corrected chi connectivity index (χ4v) is 3.41. The number of carbonyl (C=O) groups is 1. The van der Waals surface area contributed by atoms with Crippen LogP contribution in [0.5, 0.6) is 0 Å². The highest BCUT2D eigenvalue weighted by Gasteiger charge is 2.45. The van der Waals surface area contributed by atoms with E-state index in [-0.39, 0.29) is 5.91 Å². The summed E-state index contributed by atoms with van der Waals surface area (Å²) in [6, 6.07) is 6.01. The highest BCUT2D eigenvalue weighted by molar-refractivity contribution is 6.29. The lowest BCUT2D eigenvalue weighted by molar-refractivity contribution is -0.121. The molecule has 0 atom stereocenters. The third kappa shape index (κ3) is 2.54. The van der Waals surface area contributed by atoms with E-state index in [1.807, 2.05) is 39.0 Å².